The van der Waals surface area contributed by atoms with E-state index in [1.807, 2.05) is 42.5 Å². The zero-order valence-electron chi connectivity index (χ0n) is 10.4. The highest BCUT2D eigenvalue weighted by Gasteiger charge is 2.25. The number of benzene rings is 2. The van der Waals surface area contributed by atoms with Crippen LogP contribution in [-0.2, 0) is 17.6 Å². The molecule has 0 saturated carbocycles. The van der Waals surface area contributed by atoms with Gasteiger partial charge in [0.15, 0.2) is 5.78 Å². The summed E-state index contributed by atoms with van der Waals surface area (Å²) in [6.07, 6.45) is 1.23. The van der Waals surface area contributed by atoms with E-state index in [9.17, 15) is 4.79 Å². The average molecular weight is 272 g/mol. The lowest BCUT2D eigenvalue weighted by Gasteiger charge is -2.10. The number of hydrogen-bond acceptors (Lipinski definition) is 2. The van der Waals surface area contributed by atoms with E-state index in [0.29, 0.717) is 11.4 Å². The lowest BCUT2D eigenvalue weighted by molar-refractivity contribution is -0.119. The molecule has 2 nitrogen and oxygen atoms in total. The van der Waals surface area contributed by atoms with Crippen molar-refractivity contribution in [2.75, 3.05) is 5.32 Å². The van der Waals surface area contributed by atoms with E-state index in [-0.39, 0.29) is 11.8 Å². The molecule has 0 spiro atoms. The largest absolute Gasteiger partial charge is 0.375 e. The topological polar surface area (TPSA) is 29.1 Å². The minimum absolute atomic E-state index is 0.104. The van der Waals surface area contributed by atoms with Gasteiger partial charge in [-0.05, 0) is 29.3 Å². The molecule has 1 heterocycles. The van der Waals surface area contributed by atoms with Crippen LogP contribution in [0.2, 0.25) is 5.02 Å². The van der Waals surface area contributed by atoms with Crippen molar-refractivity contribution < 1.29 is 4.79 Å². The van der Waals surface area contributed by atoms with Gasteiger partial charge in [0.1, 0.15) is 0 Å². The van der Waals surface area contributed by atoms with Crippen LogP contribution in [0.15, 0.2) is 48.5 Å². The molecule has 1 aliphatic heterocycles. The van der Waals surface area contributed by atoms with Crippen LogP contribution < -0.4 is 5.32 Å². The molecule has 19 heavy (non-hydrogen) atoms. The van der Waals surface area contributed by atoms with Crippen LogP contribution in [0.4, 0.5) is 5.69 Å². The number of fused-ring (bicyclic) bond motifs is 1. The van der Waals surface area contributed by atoms with E-state index >= 15 is 0 Å². The molecule has 1 aliphatic rings. The molecule has 2 aromatic carbocycles. The second kappa shape index (κ2) is 5.06. The number of rotatable bonds is 3. The van der Waals surface area contributed by atoms with Gasteiger partial charge in [0.05, 0.1) is 6.04 Å². The zero-order valence-corrected chi connectivity index (χ0v) is 11.2. The van der Waals surface area contributed by atoms with Gasteiger partial charge in [-0.1, -0.05) is 41.9 Å². The summed E-state index contributed by atoms with van der Waals surface area (Å²) in [7, 11) is 0. The Hall–Kier alpha value is -1.80. The predicted octanol–water partition coefficient (Wildman–Crippen LogP) is 3.49. The van der Waals surface area contributed by atoms with Crippen molar-refractivity contribution in [3.05, 3.63) is 64.7 Å². The van der Waals surface area contributed by atoms with Crippen LogP contribution in [0.3, 0.4) is 0 Å². The Morgan fingerprint density at radius 3 is 2.63 bits per heavy atom. The molecule has 3 heteroatoms. The van der Waals surface area contributed by atoms with E-state index < -0.39 is 0 Å². The number of nitrogens with one attached hydrogen (secondary N) is 1. The van der Waals surface area contributed by atoms with Gasteiger partial charge in [-0.3, -0.25) is 4.79 Å². The lowest BCUT2D eigenvalue weighted by atomic mass is 10.0. The minimum atomic E-state index is -0.104. The summed E-state index contributed by atoms with van der Waals surface area (Å²) in [5.41, 5.74) is 3.31. The third-order valence-corrected chi connectivity index (χ3v) is 3.70. The molecule has 0 bridgehead atoms. The molecule has 0 saturated heterocycles. The Morgan fingerprint density at radius 2 is 1.89 bits per heavy atom. The number of carbonyl (C=O) groups excluding carboxylic acids is 1. The quantitative estimate of drug-likeness (QED) is 0.926. The molecule has 1 unspecified atom stereocenters. The standard InChI is InChI=1S/C16H14ClNO/c17-13-7-5-11(6-8-13)9-16(19)15-10-12-3-1-2-4-14(12)18-15/h1-8,15,18H,9-10H2. The Balaban J connectivity index is 1.68. The second-order valence-corrected chi connectivity index (χ2v) is 5.26. The number of halogens is 1. The van der Waals surface area contributed by atoms with E-state index in [2.05, 4.69) is 11.4 Å². The number of para-hydroxylation sites is 1. The number of carbonyl (C=O) groups is 1. The molecular formula is C16H14ClNO. The molecular weight excluding hydrogens is 258 g/mol. The Bertz CT molecular complexity index is 581. The van der Waals surface area contributed by atoms with Crippen molar-refractivity contribution in [1.29, 1.82) is 0 Å². The summed E-state index contributed by atoms with van der Waals surface area (Å²) < 4.78 is 0. The van der Waals surface area contributed by atoms with E-state index in [0.717, 1.165) is 17.7 Å². The fourth-order valence-corrected chi connectivity index (χ4v) is 2.54. The summed E-state index contributed by atoms with van der Waals surface area (Å²) in [6.45, 7) is 0. The molecule has 0 aliphatic carbocycles. The van der Waals surface area contributed by atoms with Gasteiger partial charge in [-0.15, -0.1) is 0 Å². The monoisotopic (exact) mass is 271 g/mol. The summed E-state index contributed by atoms with van der Waals surface area (Å²) >= 11 is 5.84. The molecule has 0 radical (unpaired) electrons. The Kier molecular flexibility index (Phi) is 3.26. The van der Waals surface area contributed by atoms with Crippen LogP contribution >= 0.6 is 11.6 Å². The molecule has 0 aromatic heterocycles. The van der Waals surface area contributed by atoms with Crippen molar-refractivity contribution in [1.82, 2.24) is 0 Å². The molecule has 0 fully saturated rings. The van der Waals surface area contributed by atoms with Crippen molar-refractivity contribution in [2.45, 2.75) is 18.9 Å². The highest BCUT2D eigenvalue weighted by molar-refractivity contribution is 6.30. The van der Waals surface area contributed by atoms with Crippen molar-refractivity contribution >= 4 is 23.1 Å². The summed E-state index contributed by atoms with van der Waals surface area (Å²) in [5, 5.41) is 3.99. The molecule has 1 atom stereocenters. The smallest absolute Gasteiger partial charge is 0.159 e. The summed E-state index contributed by atoms with van der Waals surface area (Å²) in [6, 6.07) is 15.4. The maximum atomic E-state index is 12.3. The van der Waals surface area contributed by atoms with Crippen LogP contribution in [0.5, 0.6) is 0 Å². The van der Waals surface area contributed by atoms with E-state index in [4.69, 9.17) is 11.6 Å². The second-order valence-electron chi connectivity index (χ2n) is 4.83. The molecule has 0 amide bonds. The highest BCUT2D eigenvalue weighted by atomic mass is 35.5. The van der Waals surface area contributed by atoms with Crippen LogP contribution in [0.1, 0.15) is 11.1 Å². The fraction of sp³-hybridized carbons (Fsp3) is 0.188. The van der Waals surface area contributed by atoms with Gasteiger partial charge in [-0.25, -0.2) is 0 Å². The normalized spacial score (nSPS) is 16.8. The van der Waals surface area contributed by atoms with Crippen LogP contribution in [-0.4, -0.2) is 11.8 Å². The van der Waals surface area contributed by atoms with Gasteiger partial charge in [-0.2, -0.15) is 0 Å². The van der Waals surface area contributed by atoms with Crippen molar-refractivity contribution in [3.8, 4) is 0 Å². The zero-order chi connectivity index (χ0) is 13.2. The number of Topliss-reactive ketones (excluding diaryl/α,β-unsaturated/α-hetero) is 1. The lowest BCUT2D eigenvalue weighted by Crippen LogP contribution is -2.28. The average Bonchev–Trinajstić information content (AvgIpc) is 2.85. The molecule has 1 N–H and O–H groups in total. The SMILES string of the molecule is O=C(Cc1ccc(Cl)cc1)C1Cc2ccccc2N1. The van der Waals surface area contributed by atoms with Gasteiger partial charge in [0.25, 0.3) is 0 Å². The highest BCUT2D eigenvalue weighted by Crippen LogP contribution is 2.26. The van der Waals surface area contributed by atoms with E-state index in [1.165, 1.54) is 5.56 Å². The summed E-state index contributed by atoms with van der Waals surface area (Å²) in [5.74, 6) is 0.221. The van der Waals surface area contributed by atoms with Gasteiger partial charge < -0.3 is 5.32 Å². The first-order valence-corrected chi connectivity index (χ1v) is 6.72. The molecule has 96 valence electrons. The Morgan fingerprint density at radius 1 is 1.16 bits per heavy atom. The minimum Gasteiger partial charge on any atom is -0.375 e. The van der Waals surface area contributed by atoms with Crippen molar-refractivity contribution in [3.63, 3.8) is 0 Å². The third kappa shape index (κ3) is 2.64. The van der Waals surface area contributed by atoms with Crippen LogP contribution in [0.25, 0.3) is 0 Å². The first-order valence-electron chi connectivity index (χ1n) is 6.34. The molecule has 3 rings (SSSR count). The van der Waals surface area contributed by atoms with E-state index in [1.54, 1.807) is 0 Å². The number of anilines is 1. The molecule has 2 aromatic rings. The third-order valence-electron chi connectivity index (χ3n) is 3.45. The fourth-order valence-electron chi connectivity index (χ4n) is 2.42. The first kappa shape index (κ1) is 12.2. The maximum absolute atomic E-state index is 12.3. The van der Waals surface area contributed by atoms with Crippen LogP contribution in [0, 0.1) is 0 Å². The number of hydrogen-bond donors (Lipinski definition) is 1. The number of ketones is 1. The maximum Gasteiger partial charge on any atom is 0.159 e. The van der Waals surface area contributed by atoms with Gasteiger partial charge >= 0.3 is 0 Å². The van der Waals surface area contributed by atoms with Gasteiger partial charge in [0.2, 0.25) is 0 Å². The first-order chi connectivity index (χ1) is 9.22. The van der Waals surface area contributed by atoms with Gasteiger partial charge in [0, 0.05) is 23.6 Å². The Labute approximate surface area is 117 Å². The predicted molar refractivity (Wildman–Crippen MR) is 77.7 cm³/mol. The summed E-state index contributed by atoms with van der Waals surface area (Å²) in [4.78, 5) is 12.3. The van der Waals surface area contributed by atoms with Crippen molar-refractivity contribution in [2.24, 2.45) is 0 Å².